The molecule has 0 aliphatic heterocycles. The van der Waals surface area contributed by atoms with E-state index in [1.54, 1.807) is 12.1 Å². The first-order valence-corrected chi connectivity index (χ1v) is 5.25. The second kappa shape index (κ2) is 5.43. The van der Waals surface area contributed by atoms with Gasteiger partial charge in [0.05, 0.1) is 5.56 Å². The van der Waals surface area contributed by atoms with Gasteiger partial charge in [-0.1, -0.05) is 24.8 Å². The number of nitrogens with one attached hydrogen (secondary N) is 1. The lowest BCUT2D eigenvalue weighted by Crippen LogP contribution is -2.09. The Balaban J connectivity index is 2.97. The molecule has 0 aliphatic carbocycles. The molecule has 80 valence electrons. The highest BCUT2D eigenvalue weighted by Gasteiger charge is 2.08. The van der Waals surface area contributed by atoms with E-state index in [1.165, 1.54) is 18.2 Å². The van der Waals surface area contributed by atoms with Crippen molar-refractivity contribution >= 4 is 17.0 Å². The Hall–Kier alpha value is -1.46. The van der Waals surface area contributed by atoms with E-state index in [0.717, 1.165) is 0 Å². The van der Waals surface area contributed by atoms with Crippen molar-refractivity contribution in [1.29, 1.82) is 5.41 Å². The van der Waals surface area contributed by atoms with Crippen LogP contribution in [0.15, 0.2) is 41.8 Å². The van der Waals surface area contributed by atoms with E-state index >= 15 is 0 Å². The number of rotatable bonds is 4. The first kappa shape index (κ1) is 11.6. The molecule has 0 bridgehead atoms. The second-order valence-corrected chi connectivity index (χ2v) is 3.57. The van der Waals surface area contributed by atoms with Gasteiger partial charge in [-0.25, -0.2) is 0 Å². The summed E-state index contributed by atoms with van der Waals surface area (Å²) < 4.78 is 26.6. The van der Waals surface area contributed by atoms with Crippen LogP contribution in [-0.2, 0) is 15.8 Å². The van der Waals surface area contributed by atoms with Gasteiger partial charge in [0.15, 0.2) is 0 Å². The minimum atomic E-state index is -2.36. The summed E-state index contributed by atoms with van der Waals surface area (Å²) in [6.07, 6.45) is 1.49. The summed E-state index contributed by atoms with van der Waals surface area (Å²) in [4.78, 5) is 0.0616. The van der Waals surface area contributed by atoms with Crippen molar-refractivity contribution in [1.82, 2.24) is 0 Å². The Morgan fingerprint density at radius 2 is 2.27 bits per heavy atom. The van der Waals surface area contributed by atoms with Crippen LogP contribution >= 0.6 is 0 Å². The fourth-order valence-electron chi connectivity index (χ4n) is 1.02. The zero-order chi connectivity index (χ0) is 11.3. The van der Waals surface area contributed by atoms with Crippen LogP contribution in [0.25, 0.3) is 0 Å². The SMILES string of the molecule is C=CCOC(=N)c1ccccc1S(=O)[O-]. The molecule has 0 heterocycles. The van der Waals surface area contributed by atoms with Gasteiger partial charge in [0.2, 0.25) is 5.90 Å². The smallest absolute Gasteiger partial charge is 0.214 e. The monoisotopic (exact) mass is 224 g/mol. The molecule has 0 spiro atoms. The molecule has 1 unspecified atom stereocenters. The molecular formula is C10H10NO3S-. The maximum atomic E-state index is 10.8. The van der Waals surface area contributed by atoms with E-state index in [0.29, 0.717) is 0 Å². The molecule has 0 aliphatic rings. The van der Waals surface area contributed by atoms with Crippen LogP contribution in [0.5, 0.6) is 0 Å². The van der Waals surface area contributed by atoms with Crippen molar-refractivity contribution in [2.45, 2.75) is 4.90 Å². The Morgan fingerprint density at radius 1 is 1.60 bits per heavy atom. The summed E-state index contributed by atoms with van der Waals surface area (Å²) in [5.41, 5.74) is 0.257. The maximum Gasteiger partial charge on any atom is 0.214 e. The van der Waals surface area contributed by atoms with Gasteiger partial charge in [0, 0.05) is 4.90 Å². The molecule has 0 saturated heterocycles. The highest BCUT2D eigenvalue weighted by atomic mass is 32.2. The number of ether oxygens (including phenoxy) is 1. The van der Waals surface area contributed by atoms with E-state index in [4.69, 9.17) is 10.1 Å². The van der Waals surface area contributed by atoms with Crippen molar-refractivity contribution in [2.24, 2.45) is 0 Å². The molecule has 1 aromatic carbocycles. The molecule has 1 N–H and O–H groups in total. The molecule has 15 heavy (non-hydrogen) atoms. The third kappa shape index (κ3) is 3.00. The molecule has 0 amide bonds. The molecule has 5 heteroatoms. The van der Waals surface area contributed by atoms with Gasteiger partial charge in [-0.3, -0.25) is 9.62 Å². The Kier molecular flexibility index (Phi) is 4.20. The third-order valence-corrected chi connectivity index (χ3v) is 2.37. The predicted octanol–water partition coefficient (Wildman–Crippen LogP) is 1.45. The summed E-state index contributed by atoms with van der Waals surface area (Å²) in [5, 5.41) is 7.52. The van der Waals surface area contributed by atoms with Crippen LogP contribution in [-0.4, -0.2) is 21.3 Å². The number of benzene rings is 1. The Bertz CT molecular complexity index is 403. The minimum absolute atomic E-state index is 0.0616. The average molecular weight is 224 g/mol. The van der Waals surface area contributed by atoms with Gasteiger partial charge in [0.25, 0.3) is 0 Å². The highest BCUT2D eigenvalue weighted by molar-refractivity contribution is 7.79. The largest absolute Gasteiger partial charge is 0.768 e. The summed E-state index contributed by atoms with van der Waals surface area (Å²) in [7, 11) is 0. The summed E-state index contributed by atoms with van der Waals surface area (Å²) in [5.74, 6) is -0.172. The minimum Gasteiger partial charge on any atom is -0.768 e. The van der Waals surface area contributed by atoms with Crippen molar-refractivity contribution in [3.63, 3.8) is 0 Å². The zero-order valence-electron chi connectivity index (χ0n) is 7.93. The fourth-order valence-corrected chi connectivity index (χ4v) is 1.55. The van der Waals surface area contributed by atoms with Gasteiger partial charge in [-0.15, -0.1) is 0 Å². The van der Waals surface area contributed by atoms with Crippen LogP contribution in [0.4, 0.5) is 0 Å². The maximum absolute atomic E-state index is 10.8. The van der Waals surface area contributed by atoms with Crippen LogP contribution in [0, 0.1) is 5.41 Å². The van der Waals surface area contributed by atoms with Gasteiger partial charge in [-0.2, -0.15) is 0 Å². The molecule has 1 rings (SSSR count). The van der Waals surface area contributed by atoms with Gasteiger partial charge in [-0.05, 0) is 23.2 Å². The van der Waals surface area contributed by atoms with Crippen LogP contribution in [0.1, 0.15) is 5.56 Å². The topological polar surface area (TPSA) is 73.2 Å². The van der Waals surface area contributed by atoms with E-state index in [2.05, 4.69) is 6.58 Å². The van der Waals surface area contributed by atoms with Crippen LogP contribution in [0.3, 0.4) is 0 Å². The van der Waals surface area contributed by atoms with Crippen molar-refractivity contribution in [2.75, 3.05) is 6.61 Å². The molecule has 0 saturated carbocycles. The Labute approximate surface area is 90.4 Å². The molecule has 4 nitrogen and oxygen atoms in total. The second-order valence-electron chi connectivity index (χ2n) is 2.66. The molecule has 0 aromatic heterocycles. The van der Waals surface area contributed by atoms with Crippen molar-refractivity contribution < 1.29 is 13.5 Å². The van der Waals surface area contributed by atoms with Crippen LogP contribution in [0.2, 0.25) is 0 Å². The van der Waals surface area contributed by atoms with E-state index < -0.39 is 11.1 Å². The fraction of sp³-hybridized carbons (Fsp3) is 0.100. The van der Waals surface area contributed by atoms with E-state index in [9.17, 15) is 8.76 Å². The Morgan fingerprint density at radius 3 is 2.87 bits per heavy atom. The lowest BCUT2D eigenvalue weighted by atomic mass is 10.2. The summed E-state index contributed by atoms with van der Waals surface area (Å²) in [6, 6.07) is 6.19. The van der Waals surface area contributed by atoms with E-state index in [1.807, 2.05) is 0 Å². The molecule has 1 atom stereocenters. The molecular weight excluding hydrogens is 214 g/mol. The van der Waals surface area contributed by atoms with Gasteiger partial charge >= 0.3 is 0 Å². The zero-order valence-corrected chi connectivity index (χ0v) is 8.75. The highest BCUT2D eigenvalue weighted by Crippen LogP contribution is 2.13. The molecule has 0 fully saturated rings. The standard InChI is InChI=1S/C10H11NO3S/c1-2-7-14-10(11)8-5-3-4-6-9(8)15(12)13/h2-6,11H,1,7H2,(H,12,13)/p-1. The first-order valence-electron chi connectivity index (χ1n) is 4.17. The molecule has 1 aromatic rings. The van der Waals surface area contributed by atoms with Gasteiger partial charge < -0.3 is 9.29 Å². The number of hydrogen-bond donors (Lipinski definition) is 1. The lowest BCUT2D eigenvalue weighted by Gasteiger charge is -2.12. The normalized spacial score (nSPS) is 11.8. The summed E-state index contributed by atoms with van der Waals surface area (Å²) in [6.45, 7) is 3.62. The van der Waals surface area contributed by atoms with Gasteiger partial charge in [0.1, 0.15) is 6.61 Å². The first-order chi connectivity index (χ1) is 7.16. The summed E-state index contributed by atoms with van der Waals surface area (Å²) >= 11 is -2.36. The quantitative estimate of drug-likeness (QED) is 0.364. The van der Waals surface area contributed by atoms with Crippen LogP contribution < -0.4 is 0 Å². The molecule has 0 radical (unpaired) electrons. The number of hydrogen-bond acceptors (Lipinski definition) is 4. The lowest BCUT2D eigenvalue weighted by molar-refractivity contribution is 0.348. The average Bonchev–Trinajstić information content (AvgIpc) is 2.25. The van der Waals surface area contributed by atoms with Crippen molar-refractivity contribution in [3.05, 3.63) is 42.5 Å². The van der Waals surface area contributed by atoms with Crippen molar-refractivity contribution in [3.8, 4) is 0 Å². The third-order valence-electron chi connectivity index (χ3n) is 1.66. The van der Waals surface area contributed by atoms with E-state index in [-0.39, 0.29) is 23.0 Å². The predicted molar refractivity (Wildman–Crippen MR) is 56.6 cm³/mol.